The molecule has 0 aliphatic carbocycles. The van der Waals surface area contributed by atoms with Crippen LogP contribution in [0.2, 0.25) is 0 Å². The molecule has 0 aliphatic heterocycles. The number of hydrogen-bond acceptors (Lipinski definition) is 5. The molecule has 0 fully saturated rings. The predicted octanol–water partition coefficient (Wildman–Crippen LogP) is 18.5. The Hall–Kier alpha value is -1.40. The van der Waals surface area contributed by atoms with Crippen LogP contribution in [0.15, 0.2) is 12.2 Å². The summed E-state index contributed by atoms with van der Waals surface area (Å²) in [4.78, 5) is 24.6. The first kappa shape index (κ1) is 64.6. The van der Waals surface area contributed by atoms with E-state index < -0.39 is 12.1 Å². The molecule has 0 saturated carbocycles. The molecule has 6 nitrogen and oxygen atoms in total. The largest absolute Gasteiger partial charge is 0.466 e. The average Bonchev–Trinajstić information content (AvgIpc) is 3.32. The van der Waals surface area contributed by atoms with Crippen molar-refractivity contribution in [1.29, 1.82) is 0 Å². The molecule has 0 spiro atoms. The van der Waals surface area contributed by atoms with Crippen molar-refractivity contribution in [2.24, 2.45) is 0 Å². The molecule has 392 valence electrons. The van der Waals surface area contributed by atoms with Crippen molar-refractivity contribution >= 4 is 11.9 Å². The van der Waals surface area contributed by atoms with Gasteiger partial charge >= 0.3 is 5.97 Å². The maximum atomic E-state index is 12.5. The van der Waals surface area contributed by atoms with E-state index in [2.05, 4.69) is 31.3 Å². The number of allylic oxidation sites excluding steroid dienone is 2. The molecule has 0 aromatic rings. The monoisotopic (exact) mass is 932 g/mol. The van der Waals surface area contributed by atoms with Gasteiger partial charge in [-0.05, 0) is 51.4 Å². The third kappa shape index (κ3) is 52.0. The number of esters is 1. The number of unbranched alkanes of at least 4 members (excludes halogenated alkanes) is 43. The van der Waals surface area contributed by atoms with E-state index in [1.807, 2.05) is 0 Å². The van der Waals surface area contributed by atoms with Crippen molar-refractivity contribution in [3.8, 4) is 0 Å². The van der Waals surface area contributed by atoms with Crippen molar-refractivity contribution in [2.45, 2.75) is 347 Å². The van der Waals surface area contributed by atoms with Crippen LogP contribution < -0.4 is 5.32 Å². The quantitative estimate of drug-likeness (QED) is 0.0321. The van der Waals surface area contributed by atoms with E-state index in [-0.39, 0.29) is 18.5 Å². The summed E-state index contributed by atoms with van der Waals surface area (Å²) in [6, 6.07) is -0.546. The van der Waals surface area contributed by atoms with Crippen molar-refractivity contribution < 1.29 is 24.5 Å². The van der Waals surface area contributed by atoms with E-state index in [1.54, 1.807) is 0 Å². The van der Waals surface area contributed by atoms with Gasteiger partial charge in [-0.25, -0.2) is 0 Å². The van der Waals surface area contributed by atoms with Crippen LogP contribution in [-0.2, 0) is 14.3 Å². The SMILES string of the molecule is CCCCCCCCC/C=C\CCCCCCCC(=O)OCCCCCCCCCCCCCCCCCCC(=O)NC(CO)C(O)CCCCCCCCCCCCCCCCCCC. The Kier molecular flexibility index (Phi) is 55.0. The first-order chi connectivity index (χ1) is 32.5. The molecule has 2 unspecified atom stereocenters. The summed E-state index contributed by atoms with van der Waals surface area (Å²) in [5.74, 6) is -0.0425. The van der Waals surface area contributed by atoms with Crippen LogP contribution in [0.3, 0.4) is 0 Å². The maximum absolute atomic E-state index is 12.5. The number of ether oxygens (including phenoxy) is 1. The van der Waals surface area contributed by atoms with Gasteiger partial charge in [0.15, 0.2) is 0 Å². The summed E-state index contributed by atoms with van der Waals surface area (Å²) in [7, 11) is 0. The van der Waals surface area contributed by atoms with Crippen LogP contribution in [0, 0.1) is 0 Å². The third-order valence-corrected chi connectivity index (χ3v) is 14.1. The zero-order valence-electron chi connectivity index (χ0n) is 44.7. The van der Waals surface area contributed by atoms with Crippen LogP contribution in [0.4, 0.5) is 0 Å². The van der Waals surface area contributed by atoms with E-state index in [4.69, 9.17) is 4.74 Å². The van der Waals surface area contributed by atoms with Gasteiger partial charge in [0, 0.05) is 12.8 Å². The number of carbonyl (C=O) groups excluding carboxylic acids is 2. The Morgan fingerprint density at radius 2 is 0.712 bits per heavy atom. The summed E-state index contributed by atoms with van der Waals surface area (Å²) in [6.07, 6.45) is 66.3. The molecule has 2 atom stereocenters. The van der Waals surface area contributed by atoms with E-state index in [0.717, 1.165) is 44.9 Å². The van der Waals surface area contributed by atoms with Gasteiger partial charge in [-0.2, -0.15) is 0 Å². The topological polar surface area (TPSA) is 95.9 Å². The lowest BCUT2D eigenvalue weighted by atomic mass is 10.0. The van der Waals surface area contributed by atoms with Gasteiger partial charge in [0.2, 0.25) is 5.91 Å². The fourth-order valence-corrected chi connectivity index (χ4v) is 9.46. The number of aliphatic hydroxyl groups excluding tert-OH is 2. The Balaban J connectivity index is 3.41. The van der Waals surface area contributed by atoms with E-state index in [0.29, 0.717) is 25.9 Å². The highest BCUT2D eigenvalue weighted by Crippen LogP contribution is 2.18. The summed E-state index contributed by atoms with van der Waals surface area (Å²) < 4.78 is 5.48. The molecule has 1 amide bonds. The Morgan fingerprint density at radius 1 is 0.409 bits per heavy atom. The first-order valence-corrected chi connectivity index (χ1v) is 29.9. The van der Waals surface area contributed by atoms with E-state index in [9.17, 15) is 19.8 Å². The maximum Gasteiger partial charge on any atom is 0.305 e. The lowest BCUT2D eigenvalue weighted by molar-refractivity contribution is -0.143. The molecular weight excluding hydrogens is 815 g/mol. The van der Waals surface area contributed by atoms with Crippen molar-refractivity contribution in [2.75, 3.05) is 13.2 Å². The summed E-state index contributed by atoms with van der Waals surface area (Å²) >= 11 is 0. The molecular formula is C60H117NO5. The number of hydrogen-bond donors (Lipinski definition) is 3. The minimum absolute atomic E-state index is 0.00333. The average molecular weight is 933 g/mol. The Bertz CT molecular complexity index is 986. The second-order valence-electron chi connectivity index (χ2n) is 20.7. The molecule has 0 saturated heterocycles. The van der Waals surface area contributed by atoms with Gasteiger partial charge in [0.05, 0.1) is 25.4 Å². The highest BCUT2D eigenvalue weighted by Gasteiger charge is 2.20. The summed E-state index contributed by atoms with van der Waals surface area (Å²) in [6.45, 7) is 4.96. The fourth-order valence-electron chi connectivity index (χ4n) is 9.46. The smallest absolute Gasteiger partial charge is 0.305 e. The third-order valence-electron chi connectivity index (χ3n) is 14.1. The zero-order chi connectivity index (χ0) is 47.9. The molecule has 66 heavy (non-hydrogen) atoms. The first-order valence-electron chi connectivity index (χ1n) is 29.9. The van der Waals surface area contributed by atoms with Gasteiger partial charge in [0.25, 0.3) is 0 Å². The van der Waals surface area contributed by atoms with Gasteiger partial charge in [-0.15, -0.1) is 0 Å². The summed E-state index contributed by atoms with van der Waals surface area (Å²) in [5.41, 5.74) is 0. The number of carbonyl (C=O) groups is 2. The molecule has 0 rings (SSSR count). The number of aliphatic hydroxyl groups is 2. The highest BCUT2D eigenvalue weighted by molar-refractivity contribution is 5.76. The van der Waals surface area contributed by atoms with Crippen LogP contribution in [0.25, 0.3) is 0 Å². The molecule has 0 heterocycles. The summed E-state index contributed by atoms with van der Waals surface area (Å²) in [5, 5.41) is 23.3. The van der Waals surface area contributed by atoms with E-state index in [1.165, 1.54) is 257 Å². The van der Waals surface area contributed by atoms with Crippen molar-refractivity contribution in [3.05, 3.63) is 12.2 Å². The van der Waals surface area contributed by atoms with Gasteiger partial charge in [-0.1, -0.05) is 283 Å². The van der Waals surface area contributed by atoms with Crippen molar-refractivity contribution in [3.63, 3.8) is 0 Å². The zero-order valence-corrected chi connectivity index (χ0v) is 44.7. The number of nitrogens with one attached hydrogen (secondary N) is 1. The normalized spacial score (nSPS) is 12.6. The van der Waals surface area contributed by atoms with Gasteiger partial charge in [-0.3, -0.25) is 9.59 Å². The number of amides is 1. The van der Waals surface area contributed by atoms with Crippen LogP contribution >= 0.6 is 0 Å². The second-order valence-corrected chi connectivity index (χ2v) is 20.7. The van der Waals surface area contributed by atoms with Crippen LogP contribution in [0.5, 0.6) is 0 Å². The molecule has 0 radical (unpaired) electrons. The van der Waals surface area contributed by atoms with Crippen LogP contribution in [0.1, 0.15) is 335 Å². The van der Waals surface area contributed by atoms with Gasteiger partial charge < -0.3 is 20.3 Å². The number of rotatable bonds is 56. The van der Waals surface area contributed by atoms with Gasteiger partial charge in [0.1, 0.15) is 0 Å². The lowest BCUT2D eigenvalue weighted by Gasteiger charge is -2.22. The minimum atomic E-state index is -0.669. The van der Waals surface area contributed by atoms with Crippen molar-refractivity contribution in [1.82, 2.24) is 5.32 Å². The predicted molar refractivity (Wildman–Crippen MR) is 287 cm³/mol. The second kappa shape index (κ2) is 56.2. The molecule has 6 heteroatoms. The standard InChI is InChI=1S/C60H117NO5/c1-3-5-7-9-11-13-15-17-19-21-24-28-32-36-40-44-48-52-58(63)57(56-62)61-59(64)53-49-45-41-37-33-29-25-22-23-27-31-35-39-43-47-51-55-66-60(65)54-50-46-42-38-34-30-26-20-18-16-14-12-10-8-6-4-2/h20,26,57-58,62-63H,3-19,21-25,27-56H2,1-2H3,(H,61,64)/b26-20-. The molecule has 0 aliphatic rings. The molecule has 0 aromatic heterocycles. The molecule has 0 aromatic carbocycles. The van der Waals surface area contributed by atoms with Crippen LogP contribution in [-0.4, -0.2) is 47.4 Å². The minimum Gasteiger partial charge on any atom is -0.466 e. The Labute approximate surface area is 412 Å². The molecule has 0 bridgehead atoms. The lowest BCUT2D eigenvalue weighted by Crippen LogP contribution is -2.45. The fraction of sp³-hybridized carbons (Fsp3) is 0.933. The Morgan fingerprint density at radius 3 is 1.08 bits per heavy atom. The molecule has 3 N–H and O–H groups in total. The van der Waals surface area contributed by atoms with E-state index >= 15 is 0 Å². The highest BCUT2D eigenvalue weighted by atomic mass is 16.5.